The molecule has 0 aliphatic heterocycles. The number of hydrogen-bond donors (Lipinski definition) is 0. The fourth-order valence-electron chi connectivity index (χ4n) is 2.89. The molecule has 1 aliphatic rings. The van der Waals surface area contributed by atoms with Crippen LogP contribution >= 0.6 is 22.9 Å². The van der Waals surface area contributed by atoms with Crippen LogP contribution < -0.4 is 0 Å². The van der Waals surface area contributed by atoms with Crippen LogP contribution in [0.3, 0.4) is 0 Å². The molecule has 0 saturated heterocycles. The summed E-state index contributed by atoms with van der Waals surface area (Å²) < 4.78 is 0. The van der Waals surface area contributed by atoms with Gasteiger partial charge in [0.25, 0.3) is 0 Å². The third kappa shape index (κ3) is 1.85. The normalized spacial score (nSPS) is 13.9. The lowest BCUT2D eigenvalue weighted by atomic mass is 10.0. The van der Waals surface area contributed by atoms with E-state index in [1.807, 2.05) is 0 Å². The van der Waals surface area contributed by atoms with Crippen LogP contribution in [-0.4, -0.2) is 9.97 Å². The Balaban J connectivity index is 2.04. The fourth-order valence-corrected chi connectivity index (χ4v) is 4.37. The molecule has 0 bridgehead atoms. The molecule has 0 unspecified atom stereocenters. The molecule has 100 valence electrons. The van der Waals surface area contributed by atoms with E-state index in [1.165, 1.54) is 34.2 Å². The van der Waals surface area contributed by atoms with Crippen LogP contribution in [-0.2, 0) is 12.8 Å². The van der Waals surface area contributed by atoms with Gasteiger partial charge in [0.05, 0.1) is 5.69 Å². The van der Waals surface area contributed by atoms with Crippen LogP contribution in [0.25, 0.3) is 21.5 Å². The molecule has 0 fully saturated rings. The predicted molar refractivity (Wildman–Crippen MR) is 84.6 cm³/mol. The van der Waals surface area contributed by atoms with E-state index in [-0.39, 0.29) is 0 Å². The molecule has 0 radical (unpaired) electrons. The average Bonchev–Trinajstić information content (AvgIpc) is 2.98. The van der Waals surface area contributed by atoms with Crippen LogP contribution in [0.2, 0.25) is 5.28 Å². The standard InChI is InChI=1S/C16H13ClN2S/c1-9-5-7-10(8-6-9)14-13-11-3-2-4-12(11)20-15(13)19-16(17)18-14/h5-8H,2-4H2,1H3. The number of hydrogen-bond acceptors (Lipinski definition) is 3. The molecule has 0 spiro atoms. The minimum atomic E-state index is 0.341. The minimum absolute atomic E-state index is 0.341. The van der Waals surface area contributed by atoms with Gasteiger partial charge in [-0.15, -0.1) is 11.3 Å². The van der Waals surface area contributed by atoms with Gasteiger partial charge in [-0.05, 0) is 43.4 Å². The Kier molecular flexibility index (Phi) is 2.79. The van der Waals surface area contributed by atoms with Crippen molar-refractivity contribution in [2.24, 2.45) is 0 Å². The van der Waals surface area contributed by atoms with Gasteiger partial charge < -0.3 is 0 Å². The summed E-state index contributed by atoms with van der Waals surface area (Å²) in [6, 6.07) is 8.46. The molecular formula is C16H13ClN2S. The van der Waals surface area contributed by atoms with Crippen LogP contribution in [0, 0.1) is 6.92 Å². The number of rotatable bonds is 1. The summed E-state index contributed by atoms with van der Waals surface area (Å²) >= 11 is 7.89. The molecule has 0 N–H and O–H groups in total. The highest BCUT2D eigenvalue weighted by Crippen LogP contribution is 2.41. The van der Waals surface area contributed by atoms with Crippen LogP contribution in [0.5, 0.6) is 0 Å². The zero-order chi connectivity index (χ0) is 13.7. The highest BCUT2D eigenvalue weighted by atomic mass is 35.5. The summed E-state index contributed by atoms with van der Waals surface area (Å²) in [4.78, 5) is 11.4. The zero-order valence-corrected chi connectivity index (χ0v) is 12.7. The van der Waals surface area contributed by atoms with Crippen molar-refractivity contribution in [3.8, 4) is 11.3 Å². The predicted octanol–water partition coefficient (Wildman–Crippen LogP) is 4.81. The van der Waals surface area contributed by atoms with Gasteiger partial charge in [-0.1, -0.05) is 29.8 Å². The van der Waals surface area contributed by atoms with Crippen molar-refractivity contribution < 1.29 is 0 Å². The van der Waals surface area contributed by atoms with Gasteiger partial charge >= 0.3 is 0 Å². The Morgan fingerprint density at radius 3 is 2.70 bits per heavy atom. The first-order valence-corrected chi connectivity index (χ1v) is 7.96. The largest absolute Gasteiger partial charge is 0.224 e. The molecule has 2 nitrogen and oxygen atoms in total. The lowest BCUT2D eigenvalue weighted by molar-refractivity contribution is 0.917. The van der Waals surface area contributed by atoms with Crippen molar-refractivity contribution >= 4 is 33.2 Å². The first-order valence-electron chi connectivity index (χ1n) is 6.77. The molecule has 1 aromatic carbocycles. The van der Waals surface area contributed by atoms with Gasteiger partial charge in [0.1, 0.15) is 4.83 Å². The third-order valence-corrected chi connectivity index (χ3v) is 5.22. The van der Waals surface area contributed by atoms with E-state index in [0.29, 0.717) is 5.28 Å². The van der Waals surface area contributed by atoms with E-state index in [0.717, 1.165) is 22.5 Å². The van der Waals surface area contributed by atoms with Gasteiger partial charge in [0, 0.05) is 15.8 Å². The van der Waals surface area contributed by atoms with Crippen molar-refractivity contribution in [2.45, 2.75) is 26.2 Å². The molecule has 20 heavy (non-hydrogen) atoms. The summed E-state index contributed by atoms with van der Waals surface area (Å²) in [5.74, 6) is 0. The summed E-state index contributed by atoms with van der Waals surface area (Å²) in [5, 5.41) is 1.56. The SMILES string of the molecule is Cc1ccc(-c2nc(Cl)nc3sc4c(c23)CCC4)cc1. The van der Waals surface area contributed by atoms with Crippen molar-refractivity contribution in [1.29, 1.82) is 0 Å². The minimum Gasteiger partial charge on any atom is -0.217 e. The maximum absolute atomic E-state index is 6.11. The molecule has 1 aliphatic carbocycles. The number of aryl methyl sites for hydroxylation is 3. The number of aromatic nitrogens is 2. The van der Waals surface area contributed by atoms with E-state index in [4.69, 9.17) is 11.6 Å². The Morgan fingerprint density at radius 2 is 1.90 bits per heavy atom. The second-order valence-corrected chi connectivity index (χ2v) is 6.67. The lowest BCUT2D eigenvalue weighted by Gasteiger charge is -2.05. The molecule has 0 amide bonds. The quantitative estimate of drug-likeness (QED) is 0.603. The number of fused-ring (bicyclic) bond motifs is 3. The van der Waals surface area contributed by atoms with Crippen molar-refractivity contribution in [3.63, 3.8) is 0 Å². The Morgan fingerprint density at radius 1 is 1.10 bits per heavy atom. The Bertz CT molecular complexity index is 805. The van der Waals surface area contributed by atoms with Crippen molar-refractivity contribution in [1.82, 2.24) is 9.97 Å². The van der Waals surface area contributed by atoms with Crippen molar-refractivity contribution in [2.75, 3.05) is 0 Å². The molecule has 0 saturated carbocycles. The number of halogens is 1. The van der Waals surface area contributed by atoms with Crippen LogP contribution in [0.15, 0.2) is 24.3 Å². The van der Waals surface area contributed by atoms with E-state index in [2.05, 4.69) is 41.2 Å². The summed E-state index contributed by atoms with van der Waals surface area (Å²) in [5.41, 5.74) is 4.80. The maximum atomic E-state index is 6.11. The first-order chi connectivity index (χ1) is 9.72. The molecule has 4 heteroatoms. The molecule has 0 atom stereocenters. The summed E-state index contributed by atoms with van der Waals surface area (Å²) in [6.45, 7) is 2.09. The van der Waals surface area contributed by atoms with Gasteiger partial charge in [0.2, 0.25) is 5.28 Å². The Labute approximate surface area is 126 Å². The van der Waals surface area contributed by atoms with Crippen LogP contribution in [0.1, 0.15) is 22.4 Å². The maximum Gasteiger partial charge on any atom is 0.224 e. The highest BCUT2D eigenvalue weighted by molar-refractivity contribution is 7.19. The van der Waals surface area contributed by atoms with E-state index >= 15 is 0 Å². The lowest BCUT2D eigenvalue weighted by Crippen LogP contribution is -1.91. The topological polar surface area (TPSA) is 25.8 Å². The second kappa shape index (κ2) is 4.54. The molecule has 2 aromatic heterocycles. The van der Waals surface area contributed by atoms with Gasteiger partial charge in [0.15, 0.2) is 0 Å². The Hall–Kier alpha value is -1.45. The third-order valence-electron chi connectivity index (χ3n) is 3.86. The number of benzene rings is 1. The first kappa shape index (κ1) is 12.3. The molecule has 4 rings (SSSR count). The van der Waals surface area contributed by atoms with E-state index < -0.39 is 0 Å². The van der Waals surface area contributed by atoms with Gasteiger partial charge in [-0.2, -0.15) is 0 Å². The monoisotopic (exact) mass is 300 g/mol. The number of nitrogens with zero attached hydrogens (tertiary/aromatic N) is 2. The summed E-state index contributed by atoms with van der Waals surface area (Å²) in [7, 11) is 0. The highest BCUT2D eigenvalue weighted by Gasteiger charge is 2.22. The summed E-state index contributed by atoms with van der Waals surface area (Å²) in [6.07, 6.45) is 3.55. The van der Waals surface area contributed by atoms with Crippen molar-refractivity contribution in [3.05, 3.63) is 45.6 Å². The van der Waals surface area contributed by atoms with Crippen LogP contribution in [0.4, 0.5) is 0 Å². The smallest absolute Gasteiger partial charge is 0.217 e. The van der Waals surface area contributed by atoms with E-state index in [9.17, 15) is 0 Å². The fraction of sp³-hybridized carbons (Fsp3) is 0.250. The average molecular weight is 301 g/mol. The molecular weight excluding hydrogens is 288 g/mol. The second-order valence-electron chi connectivity index (χ2n) is 5.24. The zero-order valence-electron chi connectivity index (χ0n) is 11.1. The van der Waals surface area contributed by atoms with E-state index in [1.54, 1.807) is 11.3 Å². The molecule has 3 aromatic rings. The van der Waals surface area contributed by atoms with Gasteiger partial charge in [-0.25, -0.2) is 9.97 Å². The molecule has 2 heterocycles. The van der Waals surface area contributed by atoms with Gasteiger partial charge in [-0.3, -0.25) is 0 Å². The number of thiophene rings is 1.